The Hall–Kier alpha value is -3.40. The van der Waals surface area contributed by atoms with Gasteiger partial charge in [-0.25, -0.2) is 9.97 Å². The second-order valence-electron chi connectivity index (χ2n) is 12.9. The molecule has 0 amide bonds. The molecule has 6 nitrogen and oxygen atoms in total. The van der Waals surface area contributed by atoms with Gasteiger partial charge < -0.3 is 20.0 Å². The number of thiophene rings is 1. The van der Waals surface area contributed by atoms with E-state index in [1.807, 2.05) is 36.4 Å². The van der Waals surface area contributed by atoms with Crippen LogP contribution in [0.15, 0.2) is 96.6 Å². The van der Waals surface area contributed by atoms with Crippen molar-refractivity contribution in [3.8, 4) is 0 Å². The van der Waals surface area contributed by atoms with E-state index in [9.17, 15) is 9.90 Å². The van der Waals surface area contributed by atoms with Crippen LogP contribution in [0.4, 0.5) is 5.82 Å². The highest BCUT2D eigenvalue weighted by molar-refractivity contribution is 7.18. The number of nitrogens with zero attached hydrogens (tertiary/aromatic N) is 2. The Bertz CT molecular complexity index is 1710. The number of fused-ring (bicyclic) bond motifs is 2. The molecule has 1 aliphatic carbocycles. The fourth-order valence-electron chi connectivity index (χ4n) is 7.59. The van der Waals surface area contributed by atoms with Gasteiger partial charge in [0, 0.05) is 5.56 Å². The molecule has 3 aromatic carbocycles. The number of rotatable bonds is 9. The molecule has 4 atom stereocenters. The molecular formula is C36H39N3O3SSi. The van der Waals surface area contributed by atoms with Crippen LogP contribution in [0.25, 0.3) is 10.2 Å². The van der Waals surface area contributed by atoms with Crippen molar-refractivity contribution in [1.29, 1.82) is 0 Å². The predicted molar refractivity (Wildman–Crippen MR) is 180 cm³/mol. The van der Waals surface area contributed by atoms with Gasteiger partial charge in [-0.1, -0.05) is 98.8 Å². The highest BCUT2D eigenvalue weighted by Crippen LogP contribution is 2.50. The summed E-state index contributed by atoms with van der Waals surface area (Å²) in [6.07, 6.45) is 4.76. The number of anilines is 1. The molecule has 3 N–H and O–H groups in total. The number of ether oxygens (including phenoxy) is 1. The third-order valence-corrected chi connectivity index (χ3v) is 15.4. The fourth-order valence-corrected chi connectivity index (χ4v) is 12.4. The molecular weight excluding hydrogens is 583 g/mol. The van der Waals surface area contributed by atoms with Crippen LogP contribution in [0.3, 0.4) is 0 Å². The smallest absolute Gasteiger partial charge is 0.258 e. The maximum atomic E-state index is 12.7. The van der Waals surface area contributed by atoms with Crippen LogP contribution in [0.1, 0.15) is 61.9 Å². The molecule has 0 spiro atoms. The summed E-state index contributed by atoms with van der Waals surface area (Å²) in [5.74, 6) is 0.944. The van der Waals surface area contributed by atoms with Crippen LogP contribution < -0.4 is 15.7 Å². The number of benzene rings is 3. The summed E-state index contributed by atoms with van der Waals surface area (Å²) in [5, 5.41) is 17.9. The molecule has 1 saturated heterocycles. The van der Waals surface area contributed by atoms with Crippen molar-refractivity contribution in [3.63, 3.8) is 0 Å². The first-order valence-electron chi connectivity index (χ1n) is 15.5. The quantitative estimate of drug-likeness (QED) is 0.171. The van der Waals surface area contributed by atoms with Crippen LogP contribution in [0.2, 0.25) is 5.04 Å². The number of hydrogen-bond donors (Lipinski definition) is 3. The van der Waals surface area contributed by atoms with E-state index < -0.39 is 13.4 Å². The van der Waals surface area contributed by atoms with Crippen molar-refractivity contribution in [2.75, 3.05) is 11.9 Å². The number of aliphatic hydroxyl groups is 1. The first kappa shape index (κ1) is 29.3. The zero-order valence-corrected chi connectivity index (χ0v) is 27.0. The van der Waals surface area contributed by atoms with Crippen molar-refractivity contribution >= 4 is 46.1 Å². The summed E-state index contributed by atoms with van der Waals surface area (Å²) in [7, 11) is -3.19. The summed E-state index contributed by atoms with van der Waals surface area (Å²) < 4.78 is 7.61. The highest BCUT2D eigenvalue weighted by Gasteiger charge is 2.52. The molecule has 0 saturated carbocycles. The Labute approximate surface area is 263 Å². The maximum Gasteiger partial charge on any atom is 0.258 e. The Balaban J connectivity index is 1.15. The van der Waals surface area contributed by atoms with Gasteiger partial charge in [-0.2, -0.15) is 0 Å². The number of aliphatic hydroxyl groups excluding tert-OH is 1. The Morgan fingerprint density at radius 2 is 1.61 bits per heavy atom. The lowest BCUT2D eigenvalue weighted by Gasteiger charge is -2.43. The summed E-state index contributed by atoms with van der Waals surface area (Å²) in [6.45, 7) is 4.32. The Morgan fingerprint density at radius 3 is 2.32 bits per heavy atom. The molecule has 7 rings (SSSR count). The average Bonchev–Trinajstić information content (AvgIpc) is 3.78. The molecule has 0 bridgehead atoms. The highest BCUT2D eigenvalue weighted by atomic mass is 32.1. The van der Waals surface area contributed by atoms with E-state index in [4.69, 9.17) is 9.72 Å². The molecule has 226 valence electrons. The van der Waals surface area contributed by atoms with Crippen LogP contribution in [0, 0.1) is 5.92 Å². The van der Waals surface area contributed by atoms with Crippen LogP contribution in [-0.2, 0) is 11.2 Å². The van der Waals surface area contributed by atoms with Gasteiger partial charge in [0.1, 0.15) is 12.1 Å². The lowest BCUT2D eigenvalue weighted by molar-refractivity contribution is -0.00276. The Kier molecular flexibility index (Phi) is 7.89. The summed E-state index contributed by atoms with van der Waals surface area (Å²) >= 11 is 1.65. The van der Waals surface area contributed by atoms with E-state index in [2.05, 4.69) is 78.1 Å². The van der Waals surface area contributed by atoms with E-state index in [-0.39, 0.29) is 30.8 Å². The molecule has 44 heavy (non-hydrogen) atoms. The fraction of sp³-hybridized carbons (Fsp3) is 0.333. The first-order valence-corrected chi connectivity index (χ1v) is 18.4. The van der Waals surface area contributed by atoms with Gasteiger partial charge in [0.15, 0.2) is 0 Å². The molecule has 0 radical (unpaired) electrons. The summed E-state index contributed by atoms with van der Waals surface area (Å²) in [4.78, 5) is 22.1. The van der Waals surface area contributed by atoms with Gasteiger partial charge >= 0.3 is 0 Å². The van der Waals surface area contributed by atoms with Crippen molar-refractivity contribution in [3.05, 3.63) is 113 Å². The lowest BCUT2D eigenvalue weighted by atomic mass is 9.88. The van der Waals surface area contributed by atoms with E-state index in [0.29, 0.717) is 0 Å². The van der Waals surface area contributed by atoms with E-state index in [0.717, 1.165) is 57.7 Å². The maximum absolute atomic E-state index is 12.7. The van der Waals surface area contributed by atoms with Crippen LogP contribution in [-0.4, -0.2) is 40.9 Å². The monoisotopic (exact) mass is 621 g/mol. The van der Waals surface area contributed by atoms with E-state index >= 15 is 0 Å². The van der Waals surface area contributed by atoms with E-state index in [1.54, 1.807) is 17.7 Å². The Morgan fingerprint density at radius 1 is 0.932 bits per heavy atom. The van der Waals surface area contributed by atoms with Crippen molar-refractivity contribution in [2.24, 2.45) is 5.92 Å². The minimum atomic E-state index is -3.19. The standard InChI is InChI=1S/C36H39N3O3SSi/c1-36(2,44(41,26-12-5-3-6-13-26)27-14-7-4-8-15-27)20-25-19-31(42-32(25)21-40)29-22-43-34-33(29)37-23-38-35(34)39-30-18-17-24-11-9-10-16-28(24)30/h3-16,22-23,25,30-32,40-41H,17-21H2,1-2H3,(H,37,38,39)/t25-,30+,31-,32-/m1/s1. The van der Waals surface area contributed by atoms with Crippen LogP contribution in [0.5, 0.6) is 0 Å². The largest absolute Gasteiger partial charge is 0.424 e. The number of aryl methyl sites for hydroxylation is 1. The van der Waals surface area contributed by atoms with Gasteiger partial charge in [0.2, 0.25) is 0 Å². The molecule has 0 unspecified atom stereocenters. The van der Waals surface area contributed by atoms with Gasteiger partial charge in [-0.3, -0.25) is 0 Å². The molecule has 1 aliphatic heterocycles. The number of aromatic nitrogens is 2. The van der Waals surface area contributed by atoms with E-state index in [1.165, 1.54) is 11.1 Å². The minimum absolute atomic E-state index is 0.0567. The molecule has 8 heteroatoms. The topological polar surface area (TPSA) is 87.5 Å². The predicted octanol–water partition coefficient (Wildman–Crippen LogP) is 6.15. The third-order valence-electron chi connectivity index (χ3n) is 9.87. The molecule has 3 heterocycles. The zero-order chi connectivity index (χ0) is 30.3. The average molecular weight is 622 g/mol. The molecule has 1 fully saturated rings. The van der Waals surface area contributed by atoms with Gasteiger partial charge in [0.05, 0.1) is 35.1 Å². The second-order valence-corrected chi connectivity index (χ2v) is 17.7. The SMILES string of the molecule is CC(C)(C[C@H]1C[C@H](c2csc3c(N[C@H]4CCc5ccccc54)ncnc23)O[C@@H]1CO)[Si](O)(c1ccccc1)c1ccccc1. The molecule has 2 aliphatic rings. The van der Waals surface area contributed by atoms with Gasteiger partial charge in [-0.05, 0) is 63.5 Å². The number of nitrogens with one attached hydrogen (secondary N) is 1. The summed E-state index contributed by atoms with van der Waals surface area (Å²) in [6, 6.07) is 29.1. The first-order chi connectivity index (χ1) is 21.4. The zero-order valence-electron chi connectivity index (χ0n) is 25.2. The number of hydrogen-bond acceptors (Lipinski definition) is 7. The molecule has 2 aromatic heterocycles. The molecule has 5 aromatic rings. The normalized spacial score (nSPS) is 21.9. The second kappa shape index (κ2) is 11.8. The van der Waals surface area contributed by atoms with Gasteiger partial charge in [0.25, 0.3) is 8.32 Å². The van der Waals surface area contributed by atoms with Crippen LogP contribution >= 0.6 is 11.3 Å². The van der Waals surface area contributed by atoms with Crippen molar-refractivity contribution in [2.45, 2.75) is 62.8 Å². The van der Waals surface area contributed by atoms with Crippen molar-refractivity contribution in [1.82, 2.24) is 9.97 Å². The summed E-state index contributed by atoms with van der Waals surface area (Å²) in [5.41, 5.74) is 4.72. The van der Waals surface area contributed by atoms with Gasteiger partial charge in [-0.15, -0.1) is 11.3 Å². The third kappa shape index (κ3) is 5.08. The van der Waals surface area contributed by atoms with Crippen molar-refractivity contribution < 1.29 is 14.6 Å². The lowest BCUT2D eigenvalue weighted by Crippen LogP contribution is -2.65. The minimum Gasteiger partial charge on any atom is -0.424 e.